The summed E-state index contributed by atoms with van der Waals surface area (Å²) in [7, 11) is 0. The first-order chi connectivity index (χ1) is 11.8. The first kappa shape index (κ1) is 17.6. The maximum absolute atomic E-state index is 13.7. The van der Waals surface area contributed by atoms with Crippen LogP contribution in [0.3, 0.4) is 0 Å². The van der Waals surface area contributed by atoms with Crippen LogP contribution in [0.1, 0.15) is 11.4 Å². The fraction of sp³-hybridized carbons (Fsp3) is 0.200. The summed E-state index contributed by atoms with van der Waals surface area (Å²) >= 11 is 2.00. The normalized spacial score (nSPS) is 11.1. The van der Waals surface area contributed by atoms with Gasteiger partial charge in [-0.2, -0.15) is 0 Å². The average Bonchev–Trinajstić information content (AvgIpc) is 2.92. The molecule has 0 bridgehead atoms. The van der Waals surface area contributed by atoms with Crippen LogP contribution in [0.5, 0.6) is 0 Å². The Hall–Kier alpha value is -2.20. The van der Waals surface area contributed by atoms with E-state index in [0.717, 1.165) is 40.6 Å². The smallest absolute Gasteiger partial charge is 0.236 e. The lowest BCUT2D eigenvalue weighted by Gasteiger charge is -2.03. The number of hydrogen-bond donors (Lipinski definition) is 1. The third-order valence-electron chi connectivity index (χ3n) is 3.06. The summed E-state index contributed by atoms with van der Waals surface area (Å²) in [6.07, 6.45) is 0. The molecule has 0 spiro atoms. The number of carbonyl (C=O) groups is 1. The summed E-state index contributed by atoms with van der Waals surface area (Å²) in [6, 6.07) is 2.66. The van der Waals surface area contributed by atoms with Gasteiger partial charge in [0.2, 0.25) is 5.91 Å². The summed E-state index contributed by atoms with van der Waals surface area (Å²) in [5.41, 5.74) is 1.27. The molecule has 0 saturated heterocycles. The van der Waals surface area contributed by atoms with Crippen molar-refractivity contribution in [2.75, 3.05) is 11.1 Å². The molecular formula is C15H11F3N4OS2. The van der Waals surface area contributed by atoms with Crippen LogP contribution in [0.25, 0.3) is 10.2 Å². The lowest BCUT2D eigenvalue weighted by atomic mass is 10.3. The second kappa shape index (κ2) is 6.96. The molecular weight excluding hydrogens is 373 g/mol. The quantitative estimate of drug-likeness (QED) is 0.420. The van der Waals surface area contributed by atoms with Gasteiger partial charge in [0.1, 0.15) is 5.52 Å². The predicted octanol–water partition coefficient (Wildman–Crippen LogP) is 3.85. The van der Waals surface area contributed by atoms with Crippen molar-refractivity contribution in [2.45, 2.75) is 19.0 Å². The van der Waals surface area contributed by atoms with Crippen molar-refractivity contribution >= 4 is 44.4 Å². The standard InChI is InChI=1S/C15H11F3N4OS2/c1-6-3-7(2)20-14(19-6)24-5-10(23)21-15-22-13-9(25-15)4-8(16)11(17)12(13)18/h3-4H,5H2,1-2H3,(H,21,22,23). The third-order valence-corrected chi connectivity index (χ3v) is 4.83. The Bertz CT molecular complexity index is 957. The second-order valence-electron chi connectivity index (χ2n) is 5.12. The lowest BCUT2D eigenvalue weighted by molar-refractivity contribution is -0.113. The zero-order chi connectivity index (χ0) is 18.1. The molecule has 1 aromatic carbocycles. The van der Waals surface area contributed by atoms with Gasteiger partial charge in [0.05, 0.1) is 10.5 Å². The second-order valence-corrected chi connectivity index (χ2v) is 7.10. The van der Waals surface area contributed by atoms with Gasteiger partial charge in [-0.25, -0.2) is 28.1 Å². The lowest BCUT2D eigenvalue weighted by Crippen LogP contribution is -2.14. The number of rotatable bonds is 4. The van der Waals surface area contributed by atoms with Crippen LogP contribution >= 0.6 is 23.1 Å². The SMILES string of the molecule is Cc1cc(C)nc(SCC(=O)Nc2nc3c(F)c(F)c(F)cc3s2)n1. The number of halogens is 3. The number of fused-ring (bicyclic) bond motifs is 1. The van der Waals surface area contributed by atoms with Gasteiger partial charge in [-0.05, 0) is 26.0 Å². The number of thioether (sulfide) groups is 1. The highest BCUT2D eigenvalue weighted by atomic mass is 32.2. The Morgan fingerprint density at radius 2 is 1.80 bits per heavy atom. The number of thiazole rings is 1. The minimum absolute atomic E-state index is 0.0179. The Kier molecular flexibility index (Phi) is 4.91. The first-order valence-electron chi connectivity index (χ1n) is 7.02. The number of benzene rings is 1. The largest absolute Gasteiger partial charge is 0.301 e. The van der Waals surface area contributed by atoms with Gasteiger partial charge in [-0.15, -0.1) is 0 Å². The summed E-state index contributed by atoms with van der Waals surface area (Å²) in [4.78, 5) is 24.2. The fourth-order valence-electron chi connectivity index (χ4n) is 2.07. The predicted molar refractivity (Wildman–Crippen MR) is 90.4 cm³/mol. The molecule has 1 amide bonds. The molecule has 3 rings (SSSR count). The van der Waals surface area contributed by atoms with Gasteiger partial charge in [-0.3, -0.25) is 4.79 Å². The first-order valence-corrected chi connectivity index (χ1v) is 8.82. The van der Waals surface area contributed by atoms with Crippen molar-refractivity contribution in [3.05, 3.63) is 41.0 Å². The number of aromatic nitrogens is 3. The summed E-state index contributed by atoms with van der Waals surface area (Å²) < 4.78 is 40.2. The van der Waals surface area contributed by atoms with Gasteiger partial charge >= 0.3 is 0 Å². The van der Waals surface area contributed by atoms with E-state index in [1.54, 1.807) is 0 Å². The van der Waals surface area contributed by atoms with E-state index in [0.29, 0.717) is 5.16 Å². The fourth-order valence-corrected chi connectivity index (χ4v) is 3.73. The van der Waals surface area contributed by atoms with Crippen molar-refractivity contribution in [1.82, 2.24) is 15.0 Å². The van der Waals surface area contributed by atoms with Crippen molar-refractivity contribution in [1.29, 1.82) is 0 Å². The monoisotopic (exact) mass is 384 g/mol. The molecule has 25 heavy (non-hydrogen) atoms. The minimum Gasteiger partial charge on any atom is -0.301 e. The highest BCUT2D eigenvalue weighted by Crippen LogP contribution is 2.30. The van der Waals surface area contributed by atoms with Crippen LogP contribution in [0.15, 0.2) is 17.3 Å². The third kappa shape index (κ3) is 3.90. The molecule has 0 aliphatic heterocycles. The highest BCUT2D eigenvalue weighted by molar-refractivity contribution is 7.99. The zero-order valence-corrected chi connectivity index (χ0v) is 14.7. The minimum atomic E-state index is -1.59. The van der Waals surface area contributed by atoms with Gasteiger partial charge in [0.25, 0.3) is 0 Å². The number of hydrogen-bond acceptors (Lipinski definition) is 6. The van der Waals surface area contributed by atoms with E-state index < -0.39 is 23.4 Å². The molecule has 3 aromatic rings. The van der Waals surface area contributed by atoms with E-state index in [1.807, 2.05) is 19.9 Å². The molecule has 0 radical (unpaired) electrons. The molecule has 2 heterocycles. The van der Waals surface area contributed by atoms with Crippen molar-refractivity contribution in [3.8, 4) is 0 Å². The number of carbonyl (C=O) groups excluding carboxylic acids is 1. The van der Waals surface area contributed by atoms with E-state index in [9.17, 15) is 18.0 Å². The zero-order valence-electron chi connectivity index (χ0n) is 13.1. The molecule has 10 heteroatoms. The van der Waals surface area contributed by atoms with Crippen LogP contribution in [-0.2, 0) is 4.79 Å². The topological polar surface area (TPSA) is 67.8 Å². The molecule has 0 fully saturated rings. The Labute approximate surface area is 148 Å². The number of aryl methyl sites for hydroxylation is 2. The van der Waals surface area contributed by atoms with E-state index in [4.69, 9.17) is 0 Å². The van der Waals surface area contributed by atoms with Crippen molar-refractivity contribution < 1.29 is 18.0 Å². The van der Waals surface area contributed by atoms with Crippen LogP contribution in [-0.4, -0.2) is 26.6 Å². The number of anilines is 1. The Morgan fingerprint density at radius 3 is 2.48 bits per heavy atom. The van der Waals surface area contributed by atoms with Crippen molar-refractivity contribution in [3.63, 3.8) is 0 Å². The molecule has 0 unspecified atom stereocenters. The van der Waals surface area contributed by atoms with Crippen LogP contribution in [0.4, 0.5) is 18.3 Å². The molecule has 5 nitrogen and oxygen atoms in total. The van der Waals surface area contributed by atoms with Gasteiger partial charge in [0, 0.05) is 11.4 Å². The van der Waals surface area contributed by atoms with E-state index in [2.05, 4.69) is 20.3 Å². The van der Waals surface area contributed by atoms with Gasteiger partial charge in [-0.1, -0.05) is 23.1 Å². The molecule has 0 aliphatic carbocycles. The molecule has 1 N–H and O–H groups in total. The van der Waals surface area contributed by atoms with E-state index in [-0.39, 0.29) is 21.1 Å². The molecule has 2 aromatic heterocycles. The summed E-state index contributed by atoms with van der Waals surface area (Å²) in [6.45, 7) is 3.65. The van der Waals surface area contributed by atoms with Crippen LogP contribution in [0.2, 0.25) is 0 Å². The van der Waals surface area contributed by atoms with Gasteiger partial charge in [0.15, 0.2) is 27.7 Å². The van der Waals surface area contributed by atoms with Crippen molar-refractivity contribution in [2.24, 2.45) is 0 Å². The maximum Gasteiger partial charge on any atom is 0.236 e. The van der Waals surface area contributed by atoms with Crippen LogP contribution in [0, 0.1) is 31.3 Å². The summed E-state index contributed by atoms with van der Waals surface area (Å²) in [5.74, 6) is -4.64. The number of amides is 1. The highest BCUT2D eigenvalue weighted by Gasteiger charge is 2.18. The van der Waals surface area contributed by atoms with Gasteiger partial charge < -0.3 is 5.32 Å². The average molecular weight is 384 g/mol. The summed E-state index contributed by atoms with van der Waals surface area (Å²) in [5, 5.41) is 3.00. The molecule has 130 valence electrons. The van der Waals surface area contributed by atoms with E-state index in [1.165, 1.54) is 0 Å². The number of nitrogens with zero attached hydrogens (tertiary/aromatic N) is 3. The van der Waals surface area contributed by atoms with E-state index >= 15 is 0 Å². The van der Waals surface area contributed by atoms with Crippen LogP contribution < -0.4 is 5.32 Å². The molecule has 0 aliphatic rings. The Morgan fingerprint density at radius 1 is 1.12 bits per heavy atom. The molecule has 0 saturated carbocycles. The Balaban J connectivity index is 1.70. The molecule has 0 atom stereocenters. The maximum atomic E-state index is 13.7. The number of nitrogens with one attached hydrogen (secondary N) is 1.